The Kier molecular flexibility index (Phi) is 3.80. The fraction of sp³-hybridized carbons (Fsp3) is 0.438. The Morgan fingerprint density at radius 3 is 2.68 bits per heavy atom. The van der Waals surface area contributed by atoms with Crippen molar-refractivity contribution in [3.8, 4) is 6.07 Å². The minimum Gasteiger partial charge on any atom is -0.465 e. The molecule has 0 saturated heterocycles. The summed E-state index contributed by atoms with van der Waals surface area (Å²) < 4.78 is 7.99. The zero-order chi connectivity index (χ0) is 13.9. The average Bonchev–Trinajstić information content (AvgIpc) is 2.98. The molecule has 0 aromatic carbocycles. The molecule has 0 N–H and O–H groups in total. The molecule has 0 fully saturated rings. The first-order valence-electron chi connectivity index (χ1n) is 6.63. The molecule has 0 aliphatic carbocycles. The van der Waals surface area contributed by atoms with Gasteiger partial charge >= 0.3 is 0 Å². The number of nitriles is 1. The number of aryl methyl sites for hydroxylation is 2. The second kappa shape index (κ2) is 5.36. The number of hydrogen-bond acceptors (Lipinski definition) is 2. The Labute approximate surface area is 114 Å². The standard InChI is InChI=1S/C16H20N2O/c1-13-8-9-15(19-13)16(2,10-4-5-11-17)14-7-6-12-18(14)3/h6-9,12H,4-5,10H2,1-3H3. The summed E-state index contributed by atoms with van der Waals surface area (Å²) in [7, 11) is 2.05. The quantitative estimate of drug-likeness (QED) is 0.761. The number of aromatic nitrogens is 1. The zero-order valence-electron chi connectivity index (χ0n) is 11.8. The monoisotopic (exact) mass is 256 g/mol. The molecule has 1 unspecified atom stereocenters. The van der Waals surface area contributed by atoms with E-state index in [-0.39, 0.29) is 5.41 Å². The van der Waals surface area contributed by atoms with E-state index in [2.05, 4.69) is 29.7 Å². The second-order valence-corrected chi connectivity index (χ2v) is 5.26. The third-order valence-electron chi connectivity index (χ3n) is 3.76. The molecule has 0 aliphatic heterocycles. The van der Waals surface area contributed by atoms with Gasteiger partial charge in [-0.15, -0.1) is 0 Å². The lowest BCUT2D eigenvalue weighted by Gasteiger charge is -2.28. The molecule has 0 amide bonds. The lowest BCUT2D eigenvalue weighted by Crippen LogP contribution is -2.25. The maximum atomic E-state index is 8.74. The molecule has 100 valence electrons. The van der Waals surface area contributed by atoms with Crippen molar-refractivity contribution in [3.63, 3.8) is 0 Å². The van der Waals surface area contributed by atoms with Gasteiger partial charge in [0.1, 0.15) is 11.5 Å². The number of hydrogen-bond donors (Lipinski definition) is 0. The van der Waals surface area contributed by atoms with Crippen molar-refractivity contribution in [2.45, 2.75) is 38.5 Å². The Morgan fingerprint density at radius 1 is 1.37 bits per heavy atom. The van der Waals surface area contributed by atoms with Crippen LogP contribution in [0.15, 0.2) is 34.9 Å². The number of unbranched alkanes of at least 4 members (excludes halogenated alkanes) is 1. The van der Waals surface area contributed by atoms with E-state index < -0.39 is 0 Å². The number of furan rings is 1. The number of nitrogens with zero attached hydrogens (tertiary/aromatic N) is 2. The fourth-order valence-corrected chi connectivity index (χ4v) is 2.66. The minimum atomic E-state index is -0.177. The molecule has 19 heavy (non-hydrogen) atoms. The maximum absolute atomic E-state index is 8.74. The average molecular weight is 256 g/mol. The summed E-state index contributed by atoms with van der Waals surface area (Å²) in [4.78, 5) is 0. The molecule has 2 heterocycles. The Balaban J connectivity index is 2.39. The Bertz CT molecular complexity index is 588. The molecule has 0 aliphatic rings. The van der Waals surface area contributed by atoms with Crippen LogP contribution in [0, 0.1) is 18.3 Å². The minimum absolute atomic E-state index is 0.177. The SMILES string of the molecule is Cc1ccc(C(C)(CCCC#N)c2cccn2C)o1. The molecule has 2 rings (SSSR count). The Morgan fingerprint density at radius 2 is 2.16 bits per heavy atom. The van der Waals surface area contributed by atoms with Gasteiger partial charge in [-0.3, -0.25) is 0 Å². The van der Waals surface area contributed by atoms with Crippen molar-refractivity contribution in [2.75, 3.05) is 0 Å². The van der Waals surface area contributed by atoms with E-state index in [1.807, 2.05) is 32.3 Å². The van der Waals surface area contributed by atoms with Crippen LogP contribution in [-0.4, -0.2) is 4.57 Å². The molecule has 1 atom stereocenters. The van der Waals surface area contributed by atoms with Crippen molar-refractivity contribution in [2.24, 2.45) is 7.05 Å². The maximum Gasteiger partial charge on any atom is 0.115 e. The summed E-state index contributed by atoms with van der Waals surface area (Å²) in [6.45, 7) is 4.15. The number of rotatable bonds is 5. The molecule has 0 saturated carbocycles. The smallest absolute Gasteiger partial charge is 0.115 e. The highest BCUT2D eigenvalue weighted by molar-refractivity contribution is 5.30. The van der Waals surface area contributed by atoms with Gasteiger partial charge in [0.25, 0.3) is 0 Å². The van der Waals surface area contributed by atoms with Crippen LogP contribution < -0.4 is 0 Å². The van der Waals surface area contributed by atoms with Crippen LogP contribution in [0.5, 0.6) is 0 Å². The van der Waals surface area contributed by atoms with Crippen LogP contribution in [0.4, 0.5) is 0 Å². The van der Waals surface area contributed by atoms with Gasteiger partial charge in [0.2, 0.25) is 0 Å². The lowest BCUT2D eigenvalue weighted by atomic mass is 9.79. The van der Waals surface area contributed by atoms with Crippen molar-refractivity contribution in [3.05, 3.63) is 47.7 Å². The normalized spacial score (nSPS) is 14.0. The van der Waals surface area contributed by atoms with Crippen molar-refractivity contribution in [1.82, 2.24) is 4.57 Å². The van der Waals surface area contributed by atoms with Gasteiger partial charge in [0.05, 0.1) is 11.5 Å². The molecular formula is C16H20N2O. The molecule has 0 radical (unpaired) electrons. The summed E-state index contributed by atoms with van der Waals surface area (Å²) in [5.41, 5.74) is 1.04. The molecule has 3 nitrogen and oxygen atoms in total. The van der Waals surface area contributed by atoms with Gasteiger partial charge in [-0.05, 0) is 51.0 Å². The van der Waals surface area contributed by atoms with Gasteiger partial charge < -0.3 is 8.98 Å². The van der Waals surface area contributed by atoms with E-state index in [0.29, 0.717) is 6.42 Å². The van der Waals surface area contributed by atoms with Crippen LogP contribution in [0.25, 0.3) is 0 Å². The van der Waals surface area contributed by atoms with E-state index in [1.165, 1.54) is 5.69 Å². The first-order valence-corrected chi connectivity index (χ1v) is 6.63. The van der Waals surface area contributed by atoms with Crippen molar-refractivity contribution in [1.29, 1.82) is 5.26 Å². The van der Waals surface area contributed by atoms with Gasteiger partial charge in [-0.2, -0.15) is 5.26 Å². The molecule has 3 heteroatoms. The van der Waals surface area contributed by atoms with Gasteiger partial charge in [-0.1, -0.05) is 0 Å². The summed E-state index contributed by atoms with van der Waals surface area (Å²) in [6.07, 6.45) is 4.41. The molecule has 2 aromatic heterocycles. The van der Waals surface area contributed by atoms with Crippen LogP contribution in [0.1, 0.15) is 43.4 Å². The summed E-state index contributed by atoms with van der Waals surface area (Å²) in [5, 5.41) is 8.74. The van der Waals surface area contributed by atoms with Gasteiger partial charge in [-0.25, -0.2) is 0 Å². The summed E-state index contributed by atoms with van der Waals surface area (Å²) >= 11 is 0. The highest BCUT2D eigenvalue weighted by atomic mass is 16.3. The van der Waals surface area contributed by atoms with Crippen LogP contribution in [0.2, 0.25) is 0 Å². The molecule has 0 spiro atoms. The van der Waals surface area contributed by atoms with Crippen LogP contribution >= 0.6 is 0 Å². The molecular weight excluding hydrogens is 236 g/mol. The summed E-state index contributed by atoms with van der Waals surface area (Å²) in [5.74, 6) is 1.90. The zero-order valence-corrected chi connectivity index (χ0v) is 11.8. The summed E-state index contributed by atoms with van der Waals surface area (Å²) in [6, 6.07) is 10.4. The third-order valence-corrected chi connectivity index (χ3v) is 3.76. The van der Waals surface area contributed by atoms with E-state index in [0.717, 1.165) is 24.4 Å². The van der Waals surface area contributed by atoms with Gasteiger partial charge in [0.15, 0.2) is 0 Å². The highest BCUT2D eigenvalue weighted by Gasteiger charge is 2.33. The van der Waals surface area contributed by atoms with E-state index in [4.69, 9.17) is 9.68 Å². The first kappa shape index (κ1) is 13.5. The largest absolute Gasteiger partial charge is 0.465 e. The Hall–Kier alpha value is -1.95. The topological polar surface area (TPSA) is 41.9 Å². The molecule has 0 bridgehead atoms. The second-order valence-electron chi connectivity index (χ2n) is 5.26. The first-order chi connectivity index (χ1) is 9.08. The molecule has 2 aromatic rings. The van der Waals surface area contributed by atoms with E-state index >= 15 is 0 Å². The van der Waals surface area contributed by atoms with Gasteiger partial charge in [0, 0.05) is 25.4 Å². The lowest BCUT2D eigenvalue weighted by molar-refractivity contribution is 0.359. The van der Waals surface area contributed by atoms with E-state index in [9.17, 15) is 0 Å². The van der Waals surface area contributed by atoms with Crippen LogP contribution in [0.3, 0.4) is 0 Å². The third kappa shape index (κ3) is 2.58. The van der Waals surface area contributed by atoms with Crippen molar-refractivity contribution < 1.29 is 4.42 Å². The van der Waals surface area contributed by atoms with Crippen LogP contribution in [-0.2, 0) is 12.5 Å². The predicted octanol–water partition coefficient (Wildman–Crippen LogP) is 3.93. The van der Waals surface area contributed by atoms with Crippen molar-refractivity contribution >= 4 is 0 Å². The fourth-order valence-electron chi connectivity index (χ4n) is 2.66. The predicted molar refractivity (Wildman–Crippen MR) is 74.8 cm³/mol. The highest BCUT2D eigenvalue weighted by Crippen LogP contribution is 2.37. The van der Waals surface area contributed by atoms with E-state index in [1.54, 1.807) is 0 Å².